The van der Waals surface area contributed by atoms with E-state index in [1.807, 2.05) is 39.0 Å². The fourth-order valence-electron chi connectivity index (χ4n) is 6.04. The maximum absolute atomic E-state index is 13.8. The number of anilines is 1. The molecule has 180 valence electrons. The smallest absolute Gasteiger partial charge is 0.248 e. The Morgan fingerprint density at radius 2 is 2.00 bits per heavy atom. The zero-order valence-electron chi connectivity index (χ0n) is 19.9. The monoisotopic (exact) mass is 473 g/mol. The molecular formula is C25H35N3O4S. The van der Waals surface area contributed by atoms with Crippen molar-refractivity contribution in [1.82, 2.24) is 10.2 Å². The molecule has 2 bridgehead atoms. The van der Waals surface area contributed by atoms with Crippen molar-refractivity contribution in [1.29, 1.82) is 0 Å². The molecule has 8 heteroatoms. The molecule has 7 nitrogen and oxygen atoms in total. The second-order valence-corrected chi connectivity index (χ2v) is 11.8. The van der Waals surface area contributed by atoms with Gasteiger partial charge in [0.1, 0.15) is 6.04 Å². The highest BCUT2D eigenvalue weighted by atomic mass is 32.2. The van der Waals surface area contributed by atoms with Crippen LogP contribution in [0.15, 0.2) is 18.2 Å². The van der Waals surface area contributed by atoms with Gasteiger partial charge in [0.2, 0.25) is 17.7 Å². The highest BCUT2D eigenvalue weighted by Gasteiger charge is 2.76. The molecule has 3 fully saturated rings. The molecule has 0 aliphatic carbocycles. The lowest BCUT2D eigenvalue weighted by Crippen LogP contribution is -2.52. The van der Waals surface area contributed by atoms with Gasteiger partial charge in [-0.15, -0.1) is 11.8 Å². The minimum Gasteiger partial charge on any atom is -0.396 e. The zero-order chi connectivity index (χ0) is 24.0. The fourth-order valence-corrected chi connectivity index (χ4v) is 8.39. The molecule has 5 atom stereocenters. The Morgan fingerprint density at radius 3 is 2.70 bits per heavy atom. The van der Waals surface area contributed by atoms with Crippen molar-refractivity contribution in [2.45, 2.75) is 68.9 Å². The summed E-state index contributed by atoms with van der Waals surface area (Å²) in [6.45, 7) is 8.83. The summed E-state index contributed by atoms with van der Waals surface area (Å²) in [4.78, 5) is 42.4. The molecule has 4 rings (SSSR count). The van der Waals surface area contributed by atoms with Gasteiger partial charge < -0.3 is 20.6 Å². The van der Waals surface area contributed by atoms with Crippen molar-refractivity contribution in [2.75, 3.05) is 25.0 Å². The second kappa shape index (κ2) is 8.95. The van der Waals surface area contributed by atoms with E-state index in [-0.39, 0.29) is 29.1 Å². The summed E-state index contributed by atoms with van der Waals surface area (Å²) in [6.07, 6.45) is 2.75. The van der Waals surface area contributed by atoms with Crippen LogP contribution in [-0.2, 0) is 14.4 Å². The topological polar surface area (TPSA) is 98.7 Å². The third-order valence-corrected chi connectivity index (χ3v) is 9.55. The largest absolute Gasteiger partial charge is 0.396 e. The van der Waals surface area contributed by atoms with Crippen molar-refractivity contribution in [3.63, 3.8) is 0 Å². The van der Waals surface area contributed by atoms with Gasteiger partial charge in [0.15, 0.2) is 0 Å². The van der Waals surface area contributed by atoms with Gasteiger partial charge in [-0.1, -0.05) is 19.1 Å². The molecule has 3 aliphatic rings. The van der Waals surface area contributed by atoms with Crippen LogP contribution in [0.1, 0.15) is 50.7 Å². The van der Waals surface area contributed by atoms with E-state index in [0.717, 1.165) is 36.1 Å². The minimum absolute atomic E-state index is 0.0575. The van der Waals surface area contributed by atoms with Crippen molar-refractivity contribution in [3.8, 4) is 0 Å². The molecule has 3 N–H and O–H groups in total. The molecule has 0 aromatic heterocycles. The highest BCUT2D eigenvalue weighted by Crippen LogP contribution is 2.71. The lowest BCUT2D eigenvalue weighted by molar-refractivity contribution is -0.140. The number of aliphatic hydroxyl groups excluding tert-OH is 1. The van der Waals surface area contributed by atoms with Gasteiger partial charge in [-0.3, -0.25) is 14.4 Å². The summed E-state index contributed by atoms with van der Waals surface area (Å²) in [5.41, 5.74) is 2.75. The predicted molar refractivity (Wildman–Crippen MR) is 130 cm³/mol. The van der Waals surface area contributed by atoms with E-state index in [9.17, 15) is 19.5 Å². The Labute approximate surface area is 200 Å². The quantitative estimate of drug-likeness (QED) is 0.539. The van der Waals surface area contributed by atoms with Crippen LogP contribution in [0.25, 0.3) is 0 Å². The number of amides is 3. The molecule has 1 aromatic carbocycles. The molecule has 0 saturated carbocycles. The number of carbonyl (C=O) groups excluding carboxylic acids is 3. The van der Waals surface area contributed by atoms with Crippen LogP contribution in [0.4, 0.5) is 5.69 Å². The van der Waals surface area contributed by atoms with E-state index in [2.05, 4.69) is 17.6 Å². The van der Waals surface area contributed by atoms with Gasteiger partial charge in [-0.05, 0) is 63.6 Å². The summed E-state index contributed by atoms with van der Waals surface area (Å²) < 4.78 is -0.990. The number of hydrogen-bond acceptors (Lipinski definition) is 5. The number of aryl methyl sites for hydroxylation is 2. The van der Waals surface area contributed by atoms with Gasteiger partial charge in [-0.25, -0.2) is 0 Å². The van der Waals surface area contributed by atoms with Crippen molar-refractivity contribution >= 4 is 35.2 Å². The molecule has 1 spiro atoms. The number of benzene rings is 1. The number of rotatable bonds is 8. The molecule has 1 aromatic rings. The Bertz CT molecular complexity index is 969. The number of likely N-dealkylation sites (tertiary alicyclic amines) is 1. The number of thioether (sulfide) groups is 1. The van der Waals surface area contributed by atoms with E-state index >= 15 is 0 Å². The summed E-state index contributed by atoms with van der Waals surface area (Å²) in [5.74, 6) is -1.39. The Kier molecular flexibility index (Phi) is 6.53. The maximum atomic E-state index is 13.8. The number of hydrogen-bond donors (Lipinski definition) is 3. The Morgan fingerprint density at radius 1 is 1.24 bits per heavy atom. The molecule has 2 unspecified atom stereocenters. The molecule has 3 heterocycles. The lowest BCUT2D eigenvalue weighted by Gasteiger charge is -2.35. The van der Waals surface area contributed by atoms with Crippen LogP contribution in [-0.4, -0.2) is 63.0 Å². The van der Waals surface area contributed by atoms with E-state index in [0.29, 0.717) is 19.5 Å². The van der Waals surface area contributed by atoms with Gasteiger partial charge in [0, 0.05) is 30.1 Å². The molecule has 3 saturated heterocycles. The maximum Gasteiger partial charge on any atom is 0.248 e. The zero-order valence-corrected chi connectivity index (χ0v) is 20.8. The summed E-state index contributed by atoms with van der Waals surface area (Å²) in [6, 6.07) is 5.25. The third kappa shape index (κ3) is 3.85. The van der Waals surface area contributed by atoms with E-state index in [4.69, 9.17) is 0 Å². The Hall–Kier alpha value is -2.06. The van der Waals surface area contributed by atoms with E-state index in [1.165, 1.54) is 0 Å². The molecule has 0 radical (unpaired) electrons. The van der Waals surface area contributed by atoms with E-state index < -0.39 is 22.6 Å². The lowest BCUT2D eigenvalue weighted by atomic mass is 9.66. The molecule has 3 aliphatic heterocycles. The summed E-state index contributed by atoms with van der Waals surface area (Å²) in [5, 5.41) is 15.5. The van der Waals surface area contributed by atoms with Gasteiger partial charge in [-0.2, -0.15) is 0 Å². The molecule has 3 amide bonds. The molecular weight excluding hydrogens is 438 g/mol. The SMILES string of the molecule is CCCNC(=O)[C@H]1[C@H]2C(=O)N(CCCO)C(C(=O)Nc3cc(C)ccc3C)C23CC[C@]1(C)S3. The van der Waals surface area contributed by atoms with Gasteiger partial charge in [0.25, 0.3) is 0 Å². The van der Waals surface area contributed by atoms with Crippen LogP contribution in [0, 0.1) is 25.7 Å². The van der Waals surface area contributed by atoms with Gasteiger partial charge >= 0.3 is 0 Å². The summed E-state index contributed by atoms with van der Waals surface area (Å²) in [7, 11) is 0. The van der Waals surface area contributed by atoms with Crippen LogP contribution < -0.4 is 10.6 Å². The number of nitrogens with one attached hydrogen (secondary N) is 2. The third-order valence-electron chi connectivity index (χ3n) is 7.56. The summed E-state index contributed by atoms with van der Waals surface area (Å²) >= 11 is 1.67. The van der Waals surface area contributed by atoms with Crippen LogP contribution in [0.5, 0.6) is 0 Å². The van der Waals surface area contributed by atoms with Crippen LogP contribution in [0.2, 0.25) is 0 Å². The first-order valence-electron chi connectivity index (χ1n) is 12.0. The van der Waals surface area contributed by atoms with Crippen molar-refractivity contribution < 1.29 is 19.5 Å². The minimum atomic E-state index is -0.669. The number of nitrogens with zero attached hydrogens (tertiary/aromatic N) is 1. The second-order valence-electron chi connectivity index (χ2n) is 9.94. The standard InChI is InChI=1S/C25H35N3O4S/c1-5-11-26-21(30)18-19-23(32)28(12-6-13-29)20(25(19)10-9-24(18,4)33-25)22(31)27-17-14-15(2)7-8-16(17)3/h7-8,14,18-20,29H,5-6,9-13H2,1-4H3,(H,26,30)(H,27,31)/t18-,19+,20?,24+,25?/m1/s1. The highest BCUT2D eigenvalue weighted by molar-refractivity contribution is 8.02. The first kappa shape index (κ1) is 24.1. The van der Waals surface area contributed by atoms with E-state index in [1.54, 1.807) is 16.7 Å². The Balaban J connectivity index is 1.71. The fraction of sp³-hybridized carbons (Fsp3) is 0.640. The number of aliphatic hydroxyl groups is 1. The predicted octanol–water partition coefficient (Wildman–Crippen LogP) is 2.63. The van der Waals surface area contributed by atoms with Crippen molar-refractivity contribution in [2.24, 2.45) is 11.8 Å². The molecule has 33 heavy (non-hydrogen) atoms. The normalized spacial score (nSPS) is 32.2. The average molecular weight is 474 g/mol. The number of carbonyl (C=O) groups is 3. The first-order valence-corrected chi connectivity index (χ1v) is 12.8. The average Bonchev–Trinajstić information content (AvgIpc) is 3.33. The van der Waals surface area contributed by atoms with Crippen LogP contribution >= 0.6 is 11.8 Å². The van der Waals surface area contributed by atoms with Crippen molar-refractivity contribution in [3.05, 3.63) is 29.3 Å². The number of fused-ring (bicyclic) bond motifs is 1. The first-order chi connectivity index (χ1) is 15.7. The van der Waals surface area contributed by atoms with Crippen LogP contribution in [0.3, 0.4) is 0 Å². The van der Waals surface area contributed by atoms with Gasteiger partial charge in [0.05, 0.1) is 16.6 Å².